The van der Waals surface area contributed by atoms with Gasteiger partial charge in [0.25, 0.3) is 5.56 Å². The number of nitriles is 1. The minimum Gasteiger partial charge on any atom is -0.494 e. The maximum atomic E-state index is 13.9. The van der Waals surface area contributed by atoms with Crippen LogP contribution in [0.15, 0.2) is 27.8 Å². The first-order valence-electron chi connectivity index (χ1n) is 5.76. The van der Waals surface area contributed by atoms with Crippen molar-refractivity contribution in [3.63, 3.8) is 0 Å². The van der Waals surface area contributed by atoms with Crippen LogP contribution in [0.2, 0.25) is 0 Å². The lowest BCUT2D eigenvalue weighted by atomic mass is 10.2. The summed E-state index contributed by atoms with van der Waals surface area (Å²) < 4.78 is 14.6. The summed E-state index contributed by atoms with van der Waals surface area (Å²) in [7, 11) is 0. The van der Waals surface area contributed by atoms with Crippen molar-refractivity contribution in [1.29, 1.82) is 5.26 Å². The van der Waals surface area contributed by atoms with Gasteiger partial charge in [-0.15, -0.1) is 0 Å². The van der Waals surface area contributed by atoms with Gasteiger partial charge in [-0.3, -0.25) is 9.78 Å². The molecule has 2 N–H and O–H groups in total. The van der Waals surface area contributed by atoms with Crippen molar-refractivity contribution in [2.75, 3.05) is 0 Å². The second kappa shape index (κ2) is 5.01. The Hall–Kier alpha value is -2.88. The van der Waals surface area contributed by atoms with E-state index < -0.39 is 22.9 Å². The summed E-state index contributed by atoms with van der Waals surface area (Å²) in [4.78, 5) is 25.3. The number of aromatic hydroxyl groups is 1. The molecule has 0 fully saturated rings. The van der Waals surface area contributed by atoms with E-state index in [4.69, 9.17) is 5.26 Å². The molecule has 1 heterocycles. The van der Waals surface area contributed by atoms with Crippen LogP contribution < -0.4 is 11.2 Å². The van der Waals surface area contributed by atoms with Gasteiger partial charge in [0.05, 0.1) is 22.9 Å². The quantitative estimate of drug-likeness (QED) is 0.847. The molecule has 20 heavy (non-hydrogen) atoms. The van der Waals surface area contributed by atoms with Gasteiger partial charge < -0.3 is 5.11 Å². The van der Waals surface area contributed by atoms with Gasteiger partial charge in [0.2, 0.25) is 5.88 Å². The molecule has 0 atom stereocenters. The van der Waals surface area contributed by atoms with Crippen LogP contribution in [0.25, 0.3) is 5.69 Å². The normalized spacial score (nSPS) is 10.2. The molecular weight excluding hydrogens is 265 g/mol. The fourth-order valence-electron chi connectivity index (χ4n) is 1.86. The van der Waals surface area contributed by atoms with Gasteiger partial charge in [0.1, 0.15) is 5.82 Å². The second-order valence-corrected chi connectivity index (χ2v) is 4.03. The standard InChI is InChI=1S/C13H10FN3O3/c1-2-8-11(18)16-13(20)17(12(8)19)10-4-3-7(6-15)5-9(10)14/h3-5,19H,2H2,1H3,(H,16,18,20). The number of rotatable bonds is 2. The van der Waals surface area contributed by atoms with E-state index in [0.717, 1.165) is 6.07 Å². The lowest BCUT2D eigenvalue weighted by Gasteiger charge is -2.11. The van der Waals surface area contributed by atoms with Crippen molar-refractivity contribution in [2.24, 2.45) is 0 Å². The molecule has 6 nitrogen and oxygen atoms in total. The van der Waals surface area contributed by atoms with Gasteiger partial charge in [0.15, 0.2) is 0 Å². The number of aromatic nitrogens is 2. The first-order valence-corrected chi connectivity index (χ1v) is 5.76. The number of nitrogens with zero attached hydrogens (tertiary/aromatic N) is 2. The number of hydrogen-bond donors (Lipinski definition) is 2. The van der Waals surface area contributed by atoms with Crippen LogP contribution in [-0.4, -0.2) is 14.7 Å². The van der Waals surface area contributed by atoms with Crippen LogP contribution >= 0.6 is 0 Å². The molecule has 0 radical (unpaired) electrons. The van der Waals surface area contributed by atoms with Crippen molar-refractivity contribution >= 4 is 0 Å². The van der Waals surface area contributed by atoms with Gasteiger partial charge >= 0.3 is 5.69 Å². The Morgan fingerprint density at radius 2 is 2.15 bits per heavy atom. The topological polar surface area (TPSA) is 98.9 Å². The number of halogens is 1. The van der Waals surface area contributed by atoms with E-state index >= 15 is 0 Å². The predicted octanol–water partition coefficient (Wildman–Crippen LogP) is 0.805. The number of benzene rings is 1. The monoisotopic (exact) mass is 275 g/mol. The zero-order valence-electron chi connectivity index (χ0n) is 10.5. The Labute approximate surface area is 112 Å². The summed E-state index contributed by atoms with van der Waals surface area (Å²) in [6.45, 7) is 1.62. The highest BCUT2D eigenvalue weighted by Crippen LogP contribution is 2.20. The second-order valence-electron chi connectivity index (χ2n) is 4.03. The fourth-order valence-corrected chi connectivity index (χ4v) is 1.86. The summed E-state index contributed by atoms with van der Waals surface area (Å²) in [5.74, 6) is -1.46. The van der Waals surface area contributed by atoms with Gasteiger partial charge in [-0.1, -0.05) is 6.92 Å². The van der Waals surface area contributed by atoms with Crippen LogP contribution in [0, 0.1) is 17.1 Å². The van der Waals surface area contributed by atoms with E-state index in [1.54, 1.807) is 13.0 Å². The van der Waals surface area contributed by atoms with Crippen LogP contribution in [-0.2, 0) is 6.42 Å². The molecule has 2 aromatic rings. The molecule has 2 rings (SSSR count). The summed E-state index contributed by atoms with van der Waals surface area (Å²) in [6.07, 6.45) is 0.180. The molecule has 0 aliphatic carbocycles. The number of H-pyrrole nitrogens is 1. The van der Waals surface area contributed by atoms with Crippen molar-refractivity contribution in [2.45, 2.75) is 13.3 Å². The molecule has 1 aromatic carbocycles. The van der Waals surface area contributed by atoms with Gasteiger partial charge in [-0.05, 0) is 24.6 Å². The average molecular weight is 275 g/mol. The van der Waals surface area contributed by atoms with Gasteiger partial charge in [-0.2, -0.15) is 5.26 Å². The molecule has 0 spiro atoms. The maximum Gasteiger partial charge on any atom is 0.335 e. The van der Waals surface area contributed by atoms with Gasteiger partial charge in [0, 0.05) is 0 Å². The van der Waals surface area contributed by atoms with E-state index in [0.29, 0.717) is 4.57 Å². The van der Waals surface area contributed by atoms with E-state index in [2.05, 4.69) is 0 Å². The Morgan fingerprint density at radius 3 is 2.70 bits per heavy atom. The van der Waals surface area contributed by atoms with Crippen molar-refractivity contribution in [3.05, 3.63) is 56.0 Å². The largest absolute Gasteiger partial charge is 0.494 e. The third-order valence-electron chi connectivity index (χ3n) is 2.85. The SMILES string of the molecule is CCc1c(O)n(-c2ccc(C#N)cc2F)c(=O)[nH]c1=O. The Balaban J connectivity index is 2.81. The van der Waals surface area contributed by atoms with Crippen LogP contribution in [0.3, 0.4) is 0 Å². The summed E-state index contributed by atoms with van der Waals surface area (Å²) in [6, 6.07) is 5.20. The van der Waals surface area contributed by atoms with Crippen LogP contribution in [0.4, 0.5) is 4.39 Å². The predicted molar refractivity (Wildman–Crippen MR) is 68.4 cm³/mol. The first kappa shape index (κ1) is 13.5. The summed E-state index contributed by atoms with van der Waals surface area (Å²) in [5.41, 5.74) is -1.83. The molecule has 0 unspecified atom stereocenters. The number of hydrogen-bond acceptors (Lipinski definition) is 4. The first-order chi connectivity index (χ1) is 9.49. The molecule has 0 bridgehead atoms. The highest BCUT2D eigenvalue weighted by molar-refractivity contribution is 5.43. The number of aromatic amines is 1. The third-order valence-corrected chi connectivity index (χ3v) is 2.85. The highest BCUT2D eigenvalue weighted by Gasteiger charge is 2.16. The Morgan fingerprint density at radius 1 is 1.45 bits per heavy atom. The molecule has 102 valence electrons. The minimum atomic E-state index is -0.951. The van der Waals surface area contributed by atoms with E-state index in [1.165, 1.54) is 12.1 Å². The molecule has 0 aliphatic rings. The number of nitrogens with one attached hydrogen (secondary N) is 1. The molecular formula is C13H10FN3O3. The molecule has 0 amide bonds. The van der Waals surface area contributed by atoms with Crippen LogP contribution in [0.1, 0.15) is 18.1 Å². The zero-order valence-corrected chi connectivity index (χ0v) is 10.5. The van der Waals surface area contributed by atoms with Crippen molar-refractivity contribution < 1.29 is 9.50 Å². The van der Waals surface area contributed by atoms with E-state index in [9.17, 15) is 19.1 Å². The maximum absolute atomic E-state index is 13.9. The molecule has 1 aromatic heterocycles. The zero-order chi connectivity index (χ0) is 14.9. The van der Waals surface area contributed by atoms with Crippen molar-refractivity contribution in [1.82, 2.24) is 9.55 Å². The molecule has 7 heteroatoms. The average Bonchev–Trinajstić information content (AvgIpc) is 2.40. The smallest absolute Gasteiger partial charge is 0.335 e. The molecule has 0 saturated carbocycles. The summed E-state index contributed by atoms with van der Waals surface area (Å²) >= 11 is 0. The molecule has 0 aliphatic heterocycles. The third kappa shape index (κ3) is 2.07. The lowest BCUT2D eigenvalue weighted by molar-refractivity contribution is 0.420. The Bertz CT molecular complexity index is 830. The van der Waals surface area contributed by atoms with E-state index in [-0.39, 0.29) is 23.2 Å². The van der Waals surface area contributed by atoms with Crippen molar-refractivity contribution in [3.8, 4) is 17.6 Å². The minimum absolute atomic E-state index is 0.0200. The molecule has 0 saturated heterocycles. The van der Waals surface area contributed by atoms with Gasteiger partial charge in [-0.25, -0.2) is 13.8 Å². The van der Waals surface area contributed by atoms with E-state index in [1.807, 2.05) is 4.98 Å². The fraction of sp³-hybridized carbons (Fsp3) is 0.154. The van der Waals surface area contributed by atoms with Crippen LogP contribution in [0.5, 0.6) is 5.88 Å². The highest BCUT2D eigenvalue weighted by atomic mass is 19.1. The Kier molecular flexibility index (Phi) is 3.39. The lowest BCUT2D eigenvalue weighted by Crippen LogP contribution is -2.31. The summed E-state index contributed by atoms with van der Waals surface area (Å²) in [5, 5.41) is 18.6.